The molecular formula is C23H24FN5O2S. The number of thioether (sulfide) groups is 1. The molecule has 3 aromatic rings. The van der Waals surface area contributed by atoms with Crippen molar-refractivity contribution in [1.82, 2.24) is 19.7 Å². The summed E-state index contributed by atoms with van der Waals surface area (Å²) in [5, 5.41) is 11.9. The SMILES string of the molecule is Cc1cccc(C(=O)N2CCCC2c2nnc(SCC(=O)Nc3ccc(F)cc3)n2C)c1. The van der Waals surface area contributed by atoms with Crippen LogP contribution in [-0.4, -0.2) is 43.8 Å². The molecule has 1 aliphatic rings. The molecule has 166 valence electrons. The van der Waals surface area contributed by atoms with E-state index in [2.05, 4.69) is 15.5 Å². The Labute approximate surface area is 190 Å². The second-order valence-electron chi connectivity index (χ2n) is 7.77. The van der Waals surface area contributed by atoms with E-state index in [1.807, 2.05) is 47.7 Å². The highest BCUT2D eigenvalue weighted by atomic mass is 32.2. The van der Waals surface area contributed by atoms with E-state index in [0.717, 1.165) is 18.4 Å². The highest BCUT2D eigenvalue weighted by molar-refractivity contribution is 7.99. The molecule has 7 nitrogen and oxygen atoms in total. The maximum atomic E-state index is 13.1. The molecule has 32 heavy (non-hydrogen) atoms. The minimum atomic E-state index is -0.356. The van der Waals surface area contributed by atoms with Crippen LogP contribution in [0.5, 0.6) is 0 Å². The molecule has 0 bridgehead atoms. The van der Waals surface area contributed by atoms with Crippen LogP contribution in [0.25, 0.3) is 0 Å². The van der Waals surface area contributed by atoms with Crippen molar-refractivity contribution in [3.8, 4) is 0 Å². The summed E-state index contributed by atoms with van der Waals surface area (Å²) in [6.45, 7) is 2.64. The number of amides is 2. The Morgan fingerprint density at radius 2 is 1.97 bits per heavy atom. The van der Waals surface area contributed by atoms with Crippen LogP contribution in [0.4, 0.5) is 10.1 Å². The van der Waals surface area contributed by atoms with Gasteiger partial charge in [0.2, 0.25) is 5.91 Å². The van der Waals surface area contributed by atoms with Crippen molar-refractivity contribution in [3.05, 3.63) is 71.3 Å². The summed E-state index contributed by atoms with van der Waals surface area (Å²) >= 11 is 1.26. The minimum Gasteiger partial charge on any atom is -0.328 e. The molecule has 9 heteroatoms. The van der Waals surface area contributed by atoms with Crippen LogP contribution in [0, 0.1) is 12.7 Å². The molecule has 2 amide bonds. The normalized spacial score (nSPS) is 15.7. The number of carbonyl (C=O) groups is 2. The van der Waals surface area contributed by atoms with E-state index in [1.165, 1.54) is 36.0 Å². The summed E-state index contributed by atoms with van der Waals surface area (Å²) in [7, 11) is 1.85. The van der Waals surface area contributed by atoms with Crippen molar-refractivity contribution in [2.75, 3.05) is 17.6 Å². The predicted molar refractivity (Wildman–Crippen MR) is 121 cm³/mol. The molecule has 1 N–H and O–H groups in total. The Kier molecular flexibility index (Phi) is 6.55. The van der Waals surface area contributed by atoms with E-state index in [1.54, 1.807) is 0 Å². The number of halogens is 1. The van der Waals surface area contributed by atoms with Gasteiger partial charge in [-0.1, -0.05) is 29.5 Å². The number of hydrogen-bond donors (Lipinski definition) is 1. The minimum absolute atomic E-state index is 0.00733. The van der Waals surface area contributed by atoms with Crippen molar-refractivity contribution < 1.29 is 14.0 Å². The van der Waals surface area contributed by atoms with Crippen LogP contribution in [-0.2, 0) is 11.8 Å². The van der Waals surface area contributed by atoms with Crippen LogP contribution in [0.3, 0.4) is 0 Å². The average molecular weight is 454 g/mol. The maximum Gasteiger partial charge on any atom is 0.254 e. The lowest BCUT2D eigenvalue weighted by atomic mass is 10.1. The van der Waals surface area contributed by atoms with Gasteiger partial charge in [-0.25, -0.2) is 4.39 Å². The number of aromatic nitrogens is 3. The first-order valence-electron chi connectivity index (χ1n) is 10.4. The number of likely N-dealkylation sites (tertiary alicyclic amines) is 1. The van der Waals surface area contributed by atoms with Crippen LogP contribution < -0.4 is 5.32 Å². The molecule has 4 rings (SSSR count). The summed E-state index contributed by atoms with van der Waals surface area (Å²) in [5.74, 6) is 0.270. The number of nitrogens with one attached hydrogen (secondary N) is 1. The van der Waals surface area contributed by atoms with Crippen LogP contribution in [0.2, 0.25) is 0 Å². The maximum absolute atomic E-state index is 13.1. The van der Waals surface area contributed by atoms with Crippen molar-refractivity contribution in [2.45, 2.75) is 31.0 Å². The summed E-state index contributed by atoms with van der Waals surface area (Å²) in [4.78, 5) is 27.2. The zero-order valence-electron chi connectivity index (χ0n) is 17.9. The molecular weight excluding hydrogens is 429 g/mol. The van der Waals surface area contributed by atoms with E-state index >= 15 is 0 Å². The number of nitrogens with zero attached hydrogens (tertiary/aromatic N) is 4. The fourth-order valence-corrected chi connectivity index (χ4v) is 4.54. The van der Waals surface area contributed by atoms with E-state index in [4.69, 9.17) is 0 Å². The molecule has 1 unspecified atom stereocenters. The van der Waals surface area contributed by atoms with Gasteiger partial charge >= 0.3 is 0 Å². The number of aryl methyl sites for hydroxylation is 1. The van der Waals surface area contributed by atoms with Gasteiger partial charge in [-0.3, -0.25) is 9.59 Å². The lowest BCUT2D eigenvalue weighted by Crippen LogP contribution is -2.32. The second kappa shape index (κ2) is 9.52. The lowest BCUT2D eigenvalue weighted by Gasteiger charge is -2.24. The number of anilines is 1. The van der Waals surface area contributed by atoms with Gasteiger partial charge in [0.05, 0.1) is 11.8 Å². The monoisotopic (exact) mass is 453 g/mol. The van der Waals surface area contributed by atoms with E-state index in [-0.39, 0.29) is 29.4 Å². The zero-order chi connectivity index (χ0) is 22.7. The molecule has 0 spiro atoms. The van der Waals surface area contributed by atoms with Crippen LogP contribution >= 0.6 is 11.8 Å². The first-order chi connectivity index (χ1) is 15.4. The van der Waals surface area contributed by atoms with Crippen LogP contribution in [0.15, 0.2) is 53.7 Å². The van der Waals surface area contributed by atoms with Gasteiger partial charge in [-0.05, 0) is 56.2 Å². The quantitative estimate of drug-likeness (QED) is 0.572. The molecule has 1 aliphatic heterocycles. The number of rotatable bonds is 6. The fourth-order valence-electron chi connectivity index (χ4n) is 3.82. The van der Waals surface area contributed by atoms with Crippen LogP contribution in [0.1, 0.15) is 40.6 Å². The predicted octanol–water partition coefficient (Wildman–Crippen LogP) is 3.97. The summed E-state index contributed by atoms with van der Waals surface area (Å²) in [6, 6.07) is 13.1. The summed E-state index contributed by atoms with van der Waals surface area (Å²) in [5.41, 5.74) is 2.25. The largest absolute Gasteiger partial charge is 0.328 e. The molecule has 1 atom stereocenters. The Hall–Kier alpha value is -3.20. The molecule has 0 saturated carbocycles. The Bertz CT molecular complexity index is 1130. The molecule has 0 radical (unpaired) electrons. The Morgan fingerprint density at radius 3 is 2.72 bits per heavy atom. The average Bonchev–Trinajstić information content (AvgIpc) is 3.40. The van der Waals surface area contributed by atoms with E-state index in [0.29, 0.717) is 28.8 Å². The van der Waals surface area contributed by atoms with Gasteiger partial charge in [0.15, 0.2) is 11.0 Å². The second-order valence-corrected chi connectivity index (χ2v) is 8.71. The molecule has 1 aromatic heterocycles. The van der Waals surface area contributed by atoms with E-state index < -0.39 is 0 Å². The highest BCUT2D eigenvalue weighted by Crippen LogP contribution is 2.33. The molecule has 2 heterocycles. The van der Waals surface area contributed by atoms with Gasteiger partial charge in [0.1, 0.15) is 5.82 Å². The smallest absolute Gasteiger partial charge is 0.254 e. The molecule has 1 saturated heterocycles. The van der Waals surface area contributed by atoms with Crippen molar-refractivity contribution in [1.29, 1.82) is 0 Å². The first kappa shape index (κ1) is 22.0. The van der Waals surface area contributed by atoms with E-state index in [9.17, 15) is 14.0 Å². The van der Waals surface area contributed by atoms with Gasteiger partial charge in [0.25, 0.3) is 5.91 Å². The standard InChI is InChI=1S/C23H24FN5O2S/c1-15-5-3-6-16(13-15)22(31)29-12-4-7-19(29)21-26-27-23(28(21)2)32-14-20(30)25-18-10-8-17(24)9-11-18/h3,5-6,8-11,13,19H,4,7,12,14H2,1-2H3,(H,25,30). The highest BCUT2D eigenvalue weighted by Gasteiger charge is 2.34. The third-order valence-corrected chi connectivity index (χ3v) is 6.43. The number of benzene rings is 2. The topological polar surface area (TPSA) is 80.1 Å². The molecule has 0 aliphatic carbocycles. The van der Waals surface area contributed by atoms with Gasteiger partial charge in [-0.15, -0.1) is 10.2 Å². The molecule has 2 aromatic carbocycles. The summed E-state index contributed by atoms with van der Waals surface area (Å²) in [6.07, 6.45) is 1.72. The Balaban J connectivity index is 1.42. The number of hydrogen-bond acceptors (Lipinski definition) is 5. The van der Waals surface area contributed by atoms with Crippen molar-refractivity contribution in [2.24, 2.45) is 7.05 Å². The number of carbonyl (C=O) groups excluding carboxylic acids is 2. The third kappa shape index (κ3) is 4.83. The molecule has 1 fully saturated rings. The van der Waals surface area contributed by atoms with Gasteiger partial charge < -0.3 is 14.8 Å². The zero-order valence-corrected chi connectivity index (χ0v) is 18.7. The Morgan fingerprint density at radius 1 is 1.19 bits per heavy atom. The first-order valence-corrected chi connectivity index (χ1v) is 11.4. The van der Waals surface area contributed by atoms with Crippen molar-refractivity contribution >= 4 is 29.3 Å². The summed E-state index contributed by atoms with van der Waals surface area (Å²) < 4.78 is 14.9. The van der Waals surface area contributed by atoms with Gasteiger partial charge in [0, 0.05) is 24.8 Å². The van der Waals surface area contributed by atoms with Gasteiger partial charge in [-0.2, -0.15) is 0 Å². The van der Waals surface area contributed by atoms with Crippen molar-refractivity contribution in [3.63, 3.8) is 0 Å². The fraction of sp³-hybridized carbons (Fsp3) is 0.304. The lowest BCUT2D eigenvalue weighted by molar-refractivity contribution is -0.113. The third-order valence-electron chi connectivity index (χ3n) is 5.41.